The van der Waals surface area contributed by atoms with E-state index in [0.717, 1.165) is 21.2 Å². The predicted molar refractivity (Wildman–Crippen MR) is 134 cm³/mol. The summed E-state index contributed by atoms with van der Waals surface area (Å²) < 4.78 is 0. The lowest BCUT2D eigenvalue weighted by Gasteiger charge is -2.16. The van der Waals surface area contributed by atoms with Crippen molar-refractivity contribution in [2.75, 3.05) is 11.9 Å². The Balaban J connectivity index is 1.56. The second kappa shape index (κ2) is 8.88. The average Bonchev–Trinajstić information content (AvgIpc) is 3.31. The molecule has 1 aromatic heterocycles. The number of pyridine rings is 1. The van der Waals surface area contributed by atoms with Crippen LogP contribution < -0.4 is 4.90 Å². The molecule has 2 aliphatic rings. The van der Waals surface area contributed by atoms with Crippen LogP contribution in [0.1, 0.15) is 22.8 Å². The highest BCUT2D eigenvalue weighted by Gasteiger charge is 2.39. The fraction of sp³-hybridized carbons (Fsp3) is 0.120. The molecule has 0 N–H and O–H groups in total. The maximum absolute atomic E-state index is 13.6. The van der Waals surface area contributed by atoms with Gasteiger partial charge in [0.25, 0.3) is 5.91 Å². The molecule has 1 saturated heterocycles. The van der Waals surface area contributed by atoms with Crippen LogP contribution in [0.4, 0.5) is 11.4 Å². The Labute approximate surface area is 200 Å². The summed E-state index contributed by atoms with van der Waals surface area (Å²) in [7, 11) is 1.98. The number of amides is 1. The van der Waals surface area contributed by atoms with Crippen LogP contribution in [0.5, 0.6) is 0 Å². The molecule has 5 rings (SSSR count). The molecule has 164 valence electrons. The number of benzene rings is 2. The number of para-hydroxylation sites is 1. The number of Topliss-reactive ketones (excluding diaryl/α,β-unsaturated/α-hetero) is 1. The summed E-state index contributed by atoms with van der Waals surface area (Å²) in [5.74, 6) is -0.114. The van der Waals surface area contributed by atoms with Crippen molar-refractivity contribution in [1.82, 2.24) is 9.88 Å². The minimum absolute atomic E-state index is 0.0241. The Bertz CT molecular complexity index is 1320. The number of carbonyl (C=O) groups is 2. The standard InChI is InChI=1S/C25H20N4O2S2/c1-16(30)18-8-5-9-19(13-18)27-25-29(15-17-7-6-12-26-14-17)23(31)22(33-25)24-28(2)20-10-3-4-11-21(20)32-24/h3-14H,15H2,1-2H3/b24-22+,27-25?. The lowest BCUT2D eigenvalue weighted by molar-refractivity contribution is -0.122. The number of amidine groups is 1. The number of ketones is 1. The Morgan fingerprint density at radius 3 is 2.67 bits per heavy atom. The highest BCUT2D eigenvalue weighted by atomic mass is 32.2. The number of nitrogens with zero attached hydrogens (tertiary/aromatic N) is 4. The Morgan fingerprint density at radius 2 is 1.91 bits per heavy atom. The monoisotopic (exact) mass is 472 g/mol. The van der Waals surface area contributed by atoms with E-state index in [4.69, 9.17) is 4.99 Å². The smallest absolute Gasteiger partial charge is 0.269 e. The zero-order chi connectivity index (χ0) is 22.9. The van der Waals surface area contributed by atoms with Crippen LogP contribution in [0.15, 0.2) is 92.9 Å². The van der Waals surface area contributed by atoms with Crippen LogP contribution in [-0.2, 0) is 11.3 Å². The van der Waals surface area contributed by atoms with Gasteiger partial charge in [-0.2, -0.15) is 0 Å². The van der Waals surface area contributed by atoms with E-state index in [1.807, 2.05) is 37.4 Å². The van der Waals surface area contributed by atoms with Crippen LogP contribution >= 0.6 is 23.5 Å². The molecule has 33 heavy (non-hydrogen) atoms. The van der Waals surface area contributed by atoms with Crippen LogP contribution in [0, 0.1) is 0 Å². The highest BCUT2D eigenvalue weighted by molar-refractivity contribution is 8.19. The summed E-state index contributed by atoms with van der Waals surface area (Å²) in [5.41, 5.74) is 3.22. The van der Waals surface area contributed by atoms with Crippen LogP contribution in [0.25, 0.3) is 0 Å². The predicted octanol–water partition coefficient (Wildman–Crippen LogP) is 5.46. The Morgan fingerprint density at radius 1 is 1.06 bits per heavy atom. The van der Waals surface area contributed by atoms with Gasteiger partial charge in [0.15, 0.2) is 11.0 Å². The Kier molecular flexibility index (Phi) is 5.78. The molecule has 1 fully saturated rings. The fourth-order valence-corrected chi connectivity index (χ4v) is 5.98. The van der Waals surface area contributed by atoms with Gasteiger partial charge in [0, 0.05) is 29.9 Å². The molecule has 0 radical (unpaired) electrons. The molecule has 2 aliphatic heterocycles. The number of aliphatic imine (C=N–C) groups is 1. The third kappa shape index (κ3) is 4.19. The number of anilines is 1. The van der Waals surface area contributed by atoms with E-state index in [1.54, 1.807) is 47.3 Å². The molecule has 2 aromatic carbocycles. The molecule has 3 heterocycles. The van der Waals surface area contributed by atoms with Gasteiger partial charge >= 0.3 is 0 Å². The number of aromatic nitrogens is 1. The number of rotatable bonds is 4. The molecule has 0 atom stereocenters. The van der Waals surface area contributed by atoms with Crippen molar-refractivity contribution in [1.29, 1.82) is 0 Å². The van der Waals surface area contributed by atoms with Crippen molar-refractivity contribution in [2.24, 2.45) is 4.99 Å². The van der Waals surface area contributed by atoms with Crippen LogP contribution in [-0.4, -0.2) is 33.8 Å². The Hall–Kier alpha value is -3.36. The number of carbonyl (C=O) groups excluding carboxylic acids is 2. The van der Waals surface area contributed by atoms with Crippen molar-refractivity contribution < 1.29 is 9.59 Å². The van der Waals surface area contributed by atoms with Crippen molar-refractivity contribution in [3.05, 3.63) is 94.1 Å². The first-order chi connectivity index (χ1) is 16.0. The van der Waals surface area contributed by atoms with E-state index in [0.29, 0.717) is 27.9 Å². The largest absolute Gasteiger partial charge is 0.337 e. The molecule has 0 unspecified atom stereocenters. The van der Waals surface area contributed by atoms with Gasteiger partial charge < -0.3 is 4.90 Å². The fourth-order valence-electron chi connectivity index (χ4n) is 3.64. The third-order valence-electron chi connectivity index (χ3n) is 5.34. The molecule has 0 spiro atoms. The third-order valence-corrected chi connectivity index (χ3v) is 7.77. The molecule has 0 saturated carbocycles. The van der Waals surface area contributed by atoms with E-state index >= 15 is 0 Å². The summed E-state index contributed by atoms with van der Waals surface area (Å²) in [6.07, 6.45) is 3.46. The second-order valence-corrected chi connectivity index (χ2v) is 9.63. The molecule has 3 aromatic rings. The quantitative estimate of drug-likeness (QED) is 0.371. The minimum atomic E-state index is -0.0903. The van der Waals surface area contributed by atoms with Gasteiger partial charge in [0.1, 0.15) is 4.91 Å². The molecule has 6 nitrogen and oxygen atoms in total. The summed E-state index contributed by atoms with van der Waals surface area (Å²) in [5, 5.41) is 1.47. The summed E-state index contributed by atoms with van der Waals surface area (Å²) in [6, 6.07) is 19.1. The zero-order valence-corrected chi connectivity index (χ0v) is 19.7. The van der Waals surface area contributed by atoms with Crippen molar-refractivity contribution >= 4 is 51.8 Å². The molecular weight excluding hydrogens is 452 g/mol. The van der Waals surface area contributed by atoms with Gasteiger partial charge in [-0.05, 0) is 54.6 Å². The van der Waals surface area contributed by atoms with E-state index in [2.05, 4.69) is 22.0 Å². The highest BCUT2D eigenvalue weighted by Crippen LogP contribution is 2.50. The molecule has 8 heteroatoms. The molecule has 0 bridgehead atoms. The van der Waals surface area contributed by atoms with Crippen molar-refractivity contribution in [3.8, 4) is 0 Å². The average molecular weight is 473 g/mol. The van der Waals surface area contributed by atoms with Crippen molar-refractivity contribution in [3.63, 3.8) is 0 Å². The maximum Gasteiger partial charge on any atom is 0.269 e. The molecular formula is C25H20N4O2S2. The number of hydrogen-bond donors (Lipinski definition) is 0. The summed E-state index contributed by atoms with van der Waals surface area (Å²) in [4.78, 5) is 39.9. The van der Waals surface area contributed by atoms with Gasteiger partial charge in [0.05, 0.1) is 22.9 Å². The van der Waals surface area contributed by atoms with Crippen LogP contribution in [0.3, 0.4) is 0 Å². The first-order valence-electron chi connectivity index (χ1n) is 10.3. The number of thioether (sulfide) groups is 2. The summed E-state index contributed by atoms with van der Waals surface area (Å²) >= 11 is 2.96. The molecule has 0 aliphatic carbocycles. The van der Waals surface area contributed by atoms with Gasteiger partial charge in [0.2, 0.25) is 0 Å². The lowest BCUT2D eigenvalue weighted by Crippen LogP contribution is -2.29. The van der Waals surface area contributed by atoms with E-state index in [1.165, 1.54) is 18.7 Å². The zero-order valence-electron chi connectivity index (χ0n) is 18.1. The van der Waals surface area contributed by atoms with Gasteiger partial charge in [-0.15, -0.1) is 0 Å². The second-order valence-electron chi connectivity index (χ2n) is 7.62. The van der Waals surface area contributed by atoms with E-state index < -0.39 is 0 Å². The SMILES string of the molecule is CC(=O)c1cccc(N=C2S/C(=C3/Sc4ccccc4N3C)C(=O)N2Cc2cccnc2)c1. The normalized spacial score (nSPS) is 18.8. The van der Waals surface area contributed by atoms with Crippen molar-refractivity contribution in [2.45, 2.75) is 18.4 Å². The van der Waals surface area contributed by atoms with Crippen LogP contribution in [0.2, 0.25) is 0 Å². The lowest BCUT2D eigenvalue weighted by atomic mass is 10.1. The van der Waals surface area contributed by atoms with E-state index in [-0.39, 0.29) is 11.7 Å². The van der Waals surface area contributed by atoms with Gasteiger partial charge in [-0.25, -0.2) is 4.99 Å². The number of hydrogen-bond acceptors (Lipinski definition) is 7. The van der Waals surface area contributed by atoms with Gasteiger partial charge in [-0.1, -0.05) is 42.1 Å². The minimum Gasteiger partial charge on any atom is -0.337 e. The first kappa shape index (κ1) is 21.5. The molecule has 1 amide bonds. The number of fused-ring (bicyclic) bond motifs is 1. The summed E-state index contributed by atoms with van der Waals surface area (Å²) in [6.45, 7) is 1.89. The maximum atomic E-state index is 13.6. The first-order valence-corrected chi connectivity index (χ1v) is 12.0. The van der Waals surface area contributed by atoms with Gasteiger partial charge in [-0.3, -0.25) is 19.5 Å². The topological polar surface area (TPSA) is 65.9 Å². The van der Waals surface area contributed by atoms with E-state index in [9.17, 15) is 9.59 Å².